The molecule has 1 aromatic heterocycles. The standard InChI is InChI=1S/C20H21ClN4O3/c21-16-4-2-1-3-15(16)18-19(28-13-17(26)23-18)20(27)25-11-9-24(10-12-25)14-5-7-22-8-6-14/h1-8,18-19H,9-13H2,(H,23,26)/t18-,19+/m1/s1. The first-order valence-corrected chi connectivity index (χ1v) is 9.60. The zero-order chi connectivity index (χ0) is 19.5. The lowest BCUT2D eigenvalue weighted by Crippen LogP contribution is -2.57. The molecule has 1 N–H and O–H groups in total. The van der Waals surface area contributed by atoms with E-state index in [1.165, 1.54) is 0 Å². The molecule has 0 unspecified atom stereocenters. The molecule has 8 heteroatoms. The minimum atomic E-state index is -0.787. The predicted octanol–water partition coefficient (Wildman–Crippen LogP) is 1.64. The highest BCUT2D eigenvalue weighted by molar-refractivity contribution is 6.31. The normalized spacial score (nSPS) is 22.7. The summed E-state index contributed by atoms with van der Waals surface area (Å²) in [6, 6.07) is 10.5. The Bertz CT molecular complexity index is 856. The molecule has 2 amide bonds. The number of halogens is 1. The van der Waals surface area contributed by atoms with Crippen molar-refractivity contribution in [2.45, 2.75) is 12.1 Å². The average Bonchev–Trinajstić information content (AvgIpc) is 2.74. The summed E-state index contributed by atoms with van der Waals surface area (Å²) in [7, 11) is 0. The van der Waals surface area contributed by atoms with Crippen molar-refractivity contribution < 1.29 is 14.3 Å². The summed E-state index contributed by atoms with van der Waals surface area (Å²) in [5.41, 5.74) is 1.78. The zero-order valence-electron chi connectivity index (χ0n) is 15.3. The van der Waals surface area contributed by atoms with E-state index in [-0.39, 0.29) is 18.4 Å². The molecule has 2 aliphatic heterocycles. The second-order valence-electron chi connectivity index (χ2n) is 6.82. The third-order valence-electron chi connectivity index (χ3n) is 5.12. The lowest BCUT2D eigenvalue weighted by Gasteiger charge is -2.40. The number of rotatable bonds is 3. The number of aromatic nitrogens is 1. The van der Waals surface area contributed by atoms with Gasteiger partial charge in [0, 0.05) is 49.3 Å². The molecule has 0 spiro atoms. The number of ether oxygens (including phenoxy) is 1. The van der Waals surface area contributed by atoms with Gasteiger partial charge in [0.1, 0.15) is 6.61 Å². The zero-order valence-corrected chi connectivity index (χ0v) is 16.0. The van der Waals surface area contributed by atoms with Crippen molar-refractivity contribution in [3.8, 4) is 0 Å². The molecule has 2 aliphatic rings. The summed E-state index contributed by atoms with van der Waals surface area (Å²) in [5, 5.41) is 3.36. The van der Waals surface area contributed by atoms with Crippen molar-refractivity contribution in [1.29, 1.82) is 0 Å². The van der Waals surface area contributed by atoms with Crippen LogP contribution in [0.1, 0.15) is 11.6 Å². The van der Waals surface area contributed by atoms with Gasteiger partial charge < -0.3 is 19.9 Å². The van der Waals surface area contributed by atoms with E-state index >= 15 is 0 Å². The molecule has 2 aromatic rings. The van der Waals surface area contributed by atoms with Gasteiger partial charge in [-0.3, -0.25) is 14.6 Å². The Balaban J connectivity index is 1.47. The van der Waals surface area contributed by atoms with Crippen LogP contribution in [0.2, 0.25) is 5.02 Å². The first kappa shape index (κ1) is 18.7. The van der Waals surface area contributed by atoms with Gasteiger partial charge in [0.15, 0.2) is 6.10 Å². The Morgan fingerprint density at radius 3 is 2.54 bits per heavy atom. The van der Waals surface area contributed by atoms with Gasteiger partial charge in [-0.15, -0.1) is 0 Å². The number of hydrogen-bond donors (Lipinski definition) is 1. The van der Waals surface area contributed by atoms with Crippen LogP contribution in [0.15, 0.2) is 48.8 Å². The third-order valence-corrected chi connectivity index (χ3v) is 5.46. The van der Waals surface area contributed by atoms with Crippen molar-refractivity contribution in [2.75, 3.05) is 37.7 Å². The topological polar surface area (TPSA) is 74.8 Å². The summed E-state index contributed by atoms with van der Waals surface area (Å²) in [4.78, 5) is 33.1. The van der Waals surface area contributed by atoms with E-state index in [2.05, 4.69) is 15.2 Å². The number of hydrogen-bond acceptors (Lipinski definition) is 5. The second-order valence-corrected chi connectivity index (χ2v) is 7.22. The van der Waals surface area contributed by atoms with E-state index < -0.39 is 12.1 Å². The molecular formula is C20H21ClN4O3. The molecule has 2 fully saturated rings. The van der Waals surface area contributed by atoms with Gasteiger partial charge in [-0.25, -0.2) is 0 Å². The Morgan fingerprint density at radius 2 is 1.82 bits per heavy atom. The fourth-order valence-corrected chi connectivity index (χ4v) is 3.91. The second kappa shape index (κ2) is 8.16. The molecule has 28 heavy (non-hydrogen) atoms. The number of morpholine rings is 1. The summed E-state index contributed by atoms with van der Waals surface area (Å²) >= 11 is 6.30. The van der Waals surface area contributed by atoms with Gasteiger partial charge in [0.25, 0.3) is 5.91 Å². The molecule has 3 heterocycles. The van der Waals surface area contributed by atoms with Crippen molar-refractivity contribution >= 4 is 29.1 Å². The molecule has 1 aromatic carbocycles. The molecular weight excluding hydrogens is 380 g/mol. The molecule has 2 atom stereocenters. The minimum absolute atomic E-state index is 0.126. The summed E-state index contributed by atoms with van der Waals surface area (Å²) < 4.78 is 5.65. The first-order chi connectivity index (χ1) is 13.6. The fraction of sp³-hybridized carbons (Fsp3) is 0.350. The lowest BCUT2D eigenvalue weighted by molar-refractivity contribution is -0.155. The van der Waals surface area contributed by atoms with E-state index in [0.29, 0.717) is 23.7 Å². The van der Waals surface area contributed by atoms with Gasteiger partial charge in [0.2, 0.25) is 5.91 Å². The van der Waals surface area contributed by atoms with Crippen LogP contribution in [-0.2, 0) is 14.3 Å². The largest absolute Gasteiger partial charge is 0.368 e. The molecule has 146 valence electrons. The van der Waals surface area contributed by atoms with Gasteiger partial charge >= 0.3 is 0 Å². The number of nitrogens with zero attached hydrogens (tertiary/aromatic N) is 3. The van der Waals surface area contributed by atoms with Crippen molar-refractivity contribution in [1.82, 2.24) is 15.2 Å². The average molecular weight is 401 g/mol. The van der Waals surface area contributed by atoms with Crippen molar-refractivity contribution in [3.05, 3.63) is 59.4 Å². The molecule has 2 saturated heterocycles. The minimum Gasteiger partial charge on any atom is -0.368 e. The van der Waals surface area contributed by atoms with Crippen LogP contribution in [-0.4, -0.2) is 60.6 Å². The molecule has 0 aliphatic carbocycles. The SMILES string of the molecule is O=C1CO[C@H](C(=O)N2CCN(c3ccncc3)CC2)[C@@H](c2ccccc2Cl)N1. The number of nitrogens with one attached hydrogen (secondary N) is 1. The van der Waals surface area contributed by atoms with Crippen molar-refractivity contribution in [3.63, 3.8) is 0 Å². The number of carbonyl (C=O) groups excluding carboxylic acids is 2. The molecule has 4 rings (SSSR count). The maximum atomic E-state index is 13.2. The fourth-order valence-electron chi connectivity index (χ4n) is 3.65. The van der Waals surface area contributed by atoms with Crippen LogP contribution >= 0.6 is 11.6 Å². The van der Waals surface area contributed by atoms with Gasteiger partial charge in [-0.05, 0) is 23.8 Å². The maximum absolute atomic E-state index is 13.2. The number of pyridine rings is 1. The third kappa shape index (κ3) is 3.81. The quantitative estimate of drug-likeness (QED) is 0.847. The van der Waals surface area contributed by atoms with Crippen LogP contribution < -0.4 is 10.2 Å². The Labute approximate surface area is 168 Å². The summed E-state index contributed by atoms with van der Waals surface area (Å²) in [6.07, 6.45) is 2.74. The van der Waals surface area contributed by atoms with Gasteiger partial charge in [0.05, 0.1) is 6.04 Å². The summed E-state index contributed by atoms with van der Waals surface area (Å²) in [5.74, 6) is -0.379. The molecule has 0 bridgehead atoms. The van der Waals surface area contributed by atoms with Crippen LogP contribution in [0.5, 0.6) is 0 Å². The highest BCUT2D eigenvalue weighted by Crippen LogP contribution is 2.29. The Kier molecular flexibility index (Phi) is 5.45. The van der Waals surface area contributed by atoms with Crippen molar-refractivity contribution in [2.24, 2.45) is 0 Å². The highest BCUT2D eigenvalue weighted by Gasteiger charge is 2.39. The van der Waals surface area contributed by atoms with Crippen LogP contribution in [0.25, 0.3) is 0 Å². The highest BCUT2D eigenvalue weighted by atomic mass is 35.5. The van der Waals surface area contributed by atoms with E-state index in [9.17, 15) is 9.59 Å². The maximum Gasteiger partial charge on any atom is 0.254 e. The summed E-state index contributed by atoms with van der Waals surface area (Å²) in [6.45, 7) is 2.50. The number of anilines is 1. The van der Waals surface area contributed by atoms with Crippen LogP contribution in [0.3, 0.4) is 0 Å². The molecule has 0 saturated carbocycles. The van der Waals surface area contributed by atoms with E-state index in [0.717, 1.165) is 18.8 Å². The number of amides is 2. The predicted molar refractivity (Wildman–Crippen MR) is 105 cm³/mol. The first-order valence-electron chi connectivity index (χ1n) is 9.22. The van der Waals surface area contributed by atoms with E-state index in [4.69, 9.17) is 16.3 Å². The smallest absolute Gasteiger partial charge is 0.254 e. The van der Waals surface area contributed by atoms with Crippen LogP contribution in [0, 0.1) is 0 Å². The Morgan fingerprint density at radius 1 is 1.11 bits per heavy atom. The molecule has 7 nitrogen and oxygen atoms in total. The van der Waals surface area contributed by atoms with E-state index in [1.54, 1.807) is 23.4 Å². The van der Waals surface area contributed by atoms with Gasteiger partial charge in [-0.2, -0.15) is 0 Å². The lowest BCUT2D eigenvalue weighted by atomic mass is 9.98. The number of piperazine rings is 1. The number of carbonyl (C=O) groups is 2. The van der Waals surface area contributed by atoms with Gasteiger partial charge in [-0.1, -0.05) is 29.8 Å². The van der Waals surface area contributed by atoms with Crippen LogP contribution in [0.4, 0.5) is 5.69 Å². The monoisotopic (exact) mass is 400 g/mol. The molecule has 0 radical (unpaired) electrons. The number of benzene rings is 1. The Hall–Kier alpha value is -2.64. The van der Waals surface area contributed by atoms with E-state index in [1.807, 2.05) is 30.3 Å².